The van der Waals surface area contributed by atoms with Gasteiger partial charge < -0.3 is 29.7 Å². The summed E-state index contributed by atoms with van der Waals surface area (Å²) in [5, 5.41) is 20.8. The minimum atomic E-state index is -1.41. The van der Waals surface area contributed by atoms with Crippen molar-refractivity contribution in [1.29, 1.82) is 0 Å². The van der Waals surface area contributed by atoms with Gasteiger partial charge in [-0.2, -0.15) is 0 Å². The lowest BCUT2D eigenvalue weighted by atomic mass is 10.1. The molecule has 0 atom stereocenters. The smallest absolute Gasteiger partial charge is 0.408 e. The molecule has 0 fully saturated rings. The Balaban J connectivity index is 0.000000757. The molecule has 0 saturated heterocycles. The molecule has 0 aliphatic rings. The van der Waals surface area contributed by atoms with Crippen LogP contribution in [-0.2, 0) is 25.6 Å². The van der Waals surface area contributed by atoms with E-state index in [9.17, 15) is 19.2 Å². The molecule has 0 spiro atoms. The van der Waals surface area contributed by atoms with Crippen molar-refractivity contribution < 1.29 is 43.6 Å². The Labute approximate surface area is 211 Å². The molecule has 0 aliphatic carbocycles. The molecule has 0 saturated carbocycles. The second-order valence-corrected chi connectivity index (χ2v) is 7.62. The van der Waals surface area contributed by atoms with Crippen molar-refractivity contribution in [3.8, 4) is 5.75 Å². The summed E-state index contributed by atoms with van der Waals surface area (Å²) in [6.45, 7) is 3.32. The average molecular weight is 511 g/mol. The molecule has 0 aromatic heterocycles. The zero-order valence-electron chi connectivity index (χ0n) is 21.2. The number of methoxy groups -OCH3 is 2. The maximum atomic E-state index is 10.9. The summed E-state index contributed by atoms with van der Waals surface area (Å²) < 4.78 is 14.1. The number of carboxylic acid groups (broad SMARTS) is 2. The second kappa shape index (κ2) is 20.6. The molecule has 1 aromatic carbocycles. The molecular formula is C25H38N2O9. The fourth-order valence-electron chi connectivity index (χ4n) is 2.86. The number of ether oxygens (including phenoxy) is 3. The van der Waals surface area contributed by atoms with E-state index in [0.29, 0.717) is 12.7 Å². The van der Waals surface area contributed by atoms with Gasteiger partial charge in [-0.15, -0.1) is 0 Å². The minimum absolute atomic E-state index is 0.327. The number of carbonyl (C=O) groups is 4. The molecule has 2 amide bonds. The quantitative estimate of drug-likeness (QED) is 0.0878. The van der Waals surface area contributed by atoms with Crippen LogP contribution in [0.3, 0.4) is 0 Å². The number of carbonyl (C=O) groups excluding carboxylic acids is 2. The summed E-state index contributed by atoms with van der Waals surface area (Å²) in [6, 6.07) is 7.56. The van der Waals surface area contributed by atoms with E-state index in [0.717, 1.165) is 38.6 Å². The van der Waals surface area contributed by atoms with Crippen LogP contribution in [0.5, 0.6) is 5.75 Å². The first kappa shape index (κ1) is 32.2. The fraction of sp³-hybridized carbons (Fsp3) is 0.520. The molecule has 4 N–H and O–H groups in total. The lowest BCUT2D eigenvalue weighted by Gasteiger charge is -2.07. The molecule has 1 aromatic rings. The molecule has 0 heterocycles. The Kier molecular flexibility index (Phi) is 18.4. The standard InChI is InChI=1S/C18H29NO3.C7H9NO6/c1-2-3-4-5-6-7-8-9-14-22-17-12-10-16(11-13-17)15-19-18(20)21;1-13-5(9)4(6(10)14-2)3-8-7(11)12/h10-13,19H,2-9,14-15H2,1H3,(H,20,21);3,8H,1-2H3,(H,11,12). The van der Waals surface area contributed by atoms with Crippen LogP contribution in [0.2, 0.25) is 0 Å². The van der Waals surface area contributed by atoms with Crippen molar-refractivity contribution in [2.45, 2.75) is 64.8 Å². The maximum Gasteiger partial charge on any atom is 0.408 e. The van der Waals surface area contributed by atoms with Gasteiger partial charge in [0.15, 0.2) is 5.57 Å². The van der Waals surface area contributed by atoms with E-state index in [1.807, 2.05) is 24.3 Å². The highest BCUT2D eigenvalue weighted by Gasteiger charge is 2.19. The Morgan fingerprint density at radius 3 is 1.81 bits per heavy atom. The summed E-state index contributed by atoms with van der Waals surface area (Å²) in [4.78, 5) is 42.3. The third kappa shape index (κ3) is 16.8. The van der Waals surface area contributed by atoms with Gasteiger partial charge in [-0.1, -0.05) is 64.0 Å². The number of hydrogen-bond donors (Lipinski definition) is 4. The van der Waals surface area contributed by atoms with Crippen molar-refractivity contribution in [1.82, 2.24) is 10.6 Å². The van der Waals surface area contributed by atoms with Crippen LogP contribution in [0.15, 0.2) is 36.0 Å². The van der Waals surface area contributed by atoms with Gasteiger partial charge in [0, 0.05) is 12.7 Å². The molecule has 11 nitrogen and oxygen atoms in total. The molecule has 0 aliphatic heterocycles. The maximum absolute atomic E-state index is 10.9. The highest BCUT2D eigenvalue weighted by atomic mass is 16.5. The molecule has 1 rings (SSSR count). The molecule has 36 heavy (non-hydrogen) atoms. The van der Waals surface area contributed by atoms with E-state index in [1.54, 1.807) is 5.32 Å². The molecular weight excluding hydrogens is 472 g/mol. The average Bonchev–Trinajstić information content (AvgIpc) is 2.87. The number of esters is 2. The van der Waals surface area contributed by atoms with Gasteiger partial charge in [-0.3, -0.25) is 5.32 Å². The van der Waals surface area contributed by atoms with Gasteiger partial charge in [-0.25, -0.2) is 19.2 Å². The highest BCUT2D eigenvalue weighted by molar-refractivity contribution is 6.14. The number of amides is 2. The summed E-state index contributed by atoms with van der Waals surface area (Å²) in [6.07, 6.45) is 8.64. The van der Waals surface area contributed by atoms with Gasteiger partial charge in [0.25, 0.3) is 0 Å². The van der Waals surface area contributed by atoms with Gasteiger partial charge in [0.2, 0.25) is 0 Å². The van der Waals surface area contributed by atoms with E-state index in [4.69, 9.17) is 14.9 Å². The SMILES string of the molecule is CCCCCCCCCCOc1ccc(CNC(=O)O)cc1.COC(=O)C(=CNC(=O)O)C(=O)OC. The zero-order chi connectivity index (χ0) is 27.2. The predicted octanol–water partition coefficient (Wildman–Crippen LogP) is 4.46. The third-order valence-electron chi connectivity index (χ3n) is 4.78. The lowest BCUT2D eigenvalue weighted by molar-refractivity contribution is -0.144. The molecule has 0 bridgehead atoms. The Bertz CT molecular complexity index is 805. The van der Waals surface area contributed by atoms with E-state index < -0.39 is 29.7 Å². The minimum Gasteiger partial charge on any atom is -0.494 e. The van der Waals surface area contributed by atoms with Crippen LogP contribution in [-0.4, -0.2) is 55.2 Å². The number of rotatable bonds is 15. The van der Waals surface area contributed by atoms with Crippen LogP contribution >= 0.6 is 0 Å². The number of unbranched alkanes of at least 4 members (excludes halogenated alkanes) is 7. The first-order valence-corrected chi connectivity index (χ1v) is 11.8. The summed E-state index contributed by atoms with van der Waals surface area (Å²) in [5.41, 5.74) is 0.402. The Morgan fingerprint density at radius 2 is 1.33 bits per heavy atom. The Hall–Kier alpha value is -3.76. The highest BCUT2D eigenvalue weighted by Crippen LogP contribution is 2.13. The number of nitrogens with one attached hydrogen (secondary N) is 2. The zero-order valence-corrected chi connectivity index (χ0v) is 21.2. The van der Waals surface area contributed by atoms with Crippen molar-refractivity contribution in [3.63, 3.8) is 0 Å². The van der Waals surface area contributed by atoms with Crippen molar-refractivity contribution in [3.05, 3.63) is 41.6 Å². The van der Waals surface area contributed by atoms with Crippen molar-refractivity contribution in [2.75, 3.05) is 20.8 Å². The normalized spacial score (nSPS) is 9.64. The number of hydrogen-bond acceptors (Lipinski definition) is 7. The van der Waals surface area contributed by atoms with Crippen LogP contribution in [0, 0.1) is 0 Å². The summed E-state index contributed by atoms with van der Waals surface area (Å²) in [7, 11) is 2.11. The lowest BCUT2D eigenvalue weighted by Crippen LogP contribution is -2.21. The number of benzene rings is 1. The largest absolute Gasteiger partial charge is 0.494 e. The van der Waals surface area contributed by atoms with Crippen LogP contribution in [0.1, 0.15) is 63.9 Å². The predicted molar refractivity (Wildman–Crippen MR) is 133 cm³/mol. The van der Waals surface area contributed by atoms with Crippen molar-refractivity contribution >= 4 is 24.1 Å². The first-order valence-electron chi connectivity index (χ1n) is 11.8. The first-order chi connectivity index (χ1) is 17.2. The van der Waals surface area contributed by atoms with Gasteiger partial charge in [0.1, 0.15) is 5.75 Å². The monoisotopic (exact) mass is 510 g/mol. The van der Waals surface area contributed by atoms with Gasteiger partial charge in [-0.05, 0) is 24.1 Å². The Morgan fingerprint density at radius 1 is 0.806 bits per heavy atom. The molecule has 11 heteroatoms. The van der Waals surface area contributed by atoms with E-state index in [2.05, 4.69) is 21.7 Å². The molecule has 202 valence electrons. The van der Waals surface area contributed by atoms with Crippen LogP contribution in [0.25, 0.3) is 0 Å². The molecule has 0 radical (unpaired) electrons. The van der Waals surface area contributed by atoms with Crippen LogP contribution < -0.4 is 15.4 Å². The fourth-order valence-corrected chi connectivity index (χ4v) is 2.86. The van der Waals surface area contributed by atoms with Gasteiger partial charge >= 0.3 is 24.1 Å². The second-order valence-electron chi connectivity index (χ2n) is 7.62. The van der Waals surface area contributed by atoms with Crippen LogP contribution in [0.4, 0.5) is 9.59 Å². The topological polar surface area (TPSA) is 160 Å². The van der Waals surface area contributed by atoms with E-state index >= 15 is 0 Å². The van der Waals surface area contributed by atoms with E-state index in [-0.39, 0.29) is 0 Å². The summed E-state index contributed by atoms with van der Waals surface area (Å²) >= 11 is 0. The summed E-state index contributed by atoms with van der Waals surface area (Å²) in [5.74, 6) is -1.11. The van der Waals surface area contributed by atoms with Gasteiger partial charge in [0.05, 0.1) is 20.8 Å². The molecule has 0 unspecified atom stereocenters. The van der Waals surface area contributed by atoms with Crippen molar-refractivity contribution in [2.24, 2.45) is 0 Å². The third-order valence-corrected chi connectivity index (χ3v) is 4.78. The van der Waals surface area contributed by atoms with E-state index in [1.165, 1.54) is 44.9 Å².